The third kappa shape index (κ3) is 6.93. The summed E-state index contributed by atoms with van der Waals surface area (Å²) < 4.78 is 67.1. The Labute approximate surface area is 246 Å². The third-order valence-corrected chi connectivity index (χ3v) is 7.82. The first-order chi connectivity index (χ1) is 19.9. The summed E-state index contributed by atoms with van der Waals surface area (Å²) in [6.07, 6.45) is -3.78. The maximum atomic E-state index is 13.7. The van der Waals surface area contributed by atoms with Crippen LogP contribution in [0.15, 0.2) is 58.4 Å². The zero-order valence-corrected chi connectivity index (χ0v) is 23.7. The lowest BCUT2D eigenvalue weighted by Gasteiger charge is -2.36. The summed E-state index contributed by atoms with van der Waals surface area (Å²) in [6.45, 7) is -0.369. The molecule has 0 aliphatic carbocycles. The Balaban J connectivity index is 0.000000206. The lowest BCUT2D eigenvalue weighted by atomic mass is 10.0. The zero-order chi connectivity index (χ0) is 30.6. The summed E-state index contributed by atoms with van der Waals surface area (Å²) in [5.74, 6) is -0.951. The lowest BCUT2D eigenvalue weighted by molar-refractivity contribution is -0.172. The van der Waals surface area contributed by atoms with Gasteiger partial charge >= 0.3 is 12.3 Å². The van der Waals surface area contributed by atoms with Crippen LogP contribution in [-0.4, -0.2) is 54.4 Å². The number of benzene rings is 2. The molecule has 224 valence electrons. The molecule has 0 radical (unpaired) electrons. The Morgan fingerprint density at radius 1 is 1.14 bits per heavy atom. The smallest absolute Gasteiger partial charge is 0.451 e. The number of carbonyl (C=O) groups is 2. The van der Waals surface area contributed by atoms with Crippen LogP contribution < -0.4 is 15.6 Å². The van der Waals surface area contributed by atoms with Gasteiger partial charge in [0.05, 0.1) is 7.11 Å². The van der Waals surface area contributed by atoms with E-state index in [2.05, 4.69) is 14.9 Å². The van der Waals surface area contributed by atoms with Crippen LogP contribution in [0.3, 0.4) is 0 Å². The van der Waals surface area contributed by atoms with E-state index >= 15 is 0 Å². The van der Waals surface area contributed by atoms with Crippen molar-refractivity contribution < 1.29 is 41.4 Å². The van der Waals surface area contributed by atoms with Gasteiger partial charge in [-0.15, -0.1) is 11.8 Å². The number of nitrogens with zero attached hydrogens (tertiary/aromatic N) is 2. The third-order valence-electron chi connectivity index (χ3n) is 6.39. The monoisotopic (exact) mass is 629 g/mol. The van der Waals surface area contributed by atoms with E-state index in [0.717, 1.165) is 52.4 Å². The molecule has 1 N–H and O–H groups in total. The molecule has 42 heavy (non-hydrogen) atoms. The standard InChI is InChI=1S/C14H10ClFS.C13H14F3N3O6/c15-12-5-4-9-6-10-2-1-3-13(16)14(10)17-8-11(9)7-12;1-7(13(14,15)16)18-5-17-19-4-3-8(20)10(9(19)11(18)21)24-6-25-12(22)23-2/h1-5,7H,6,8H2;3-4,7,17H,5-6H2,1-2H3/t;7-/m.1/s1. The number of thioether (sulfide) groups is 1. The molecule has 2 aliphatic rings. The molecule has 3 heterocycles. The highest BCUT2D eigenvalue weighted by Crippen LogP contribution is 2.36. The Hall–Kier alpha value is -3.91. The molecule has 2 aliphatic heterocycles. The van der Waals surface area contributed by atoms with Crippen LogP contribution in [0.25, 0.3) is 0 Å². The number of rotatable bonds is 4. The van der Waals surface area contributed by atoms with Gasteiger partial charge in [-0.1, -0.05) is 29.8 Å². The van der Waals surface area contributed by atoms with E-state index < -0.39 is 54.6 Å². The molecule has 1 atom stereocenters. The predicted octanol–water partition coefficient (Wildman–Crippen LogP) is 5.55. The number of amides is 1. The number of ether oxygens (including phenoxy) is 3. The number of carbonyl (C=O) groups excluding carboxylic acids is 2. The molecule has 0 spiro atoms. The van der Waals surface area contributed by atoms with Gasteiger partial charge in [0.15, 0.2) is 5.69 Å². The molecule has 3 aromatic rings. The minimum absolute atomic E-state index is 0.119. The molecule has 1 aromatic heterocycles. The van der Waals surface area contributed by atoms with Crippen molar-refractivity contribution in [3.63, 3.8) is 0 Å². The molecule has 9 nitrogen and oxygen atoms in total. The number of methoxy groups -OCH3 is 1. The van der Waals surface area contributed by atoms with Crippen molar-refractivity contribution in [3.05, 3.63) is 92.1 Å². The Kier molecular flexibility index (Phi) is 9.57. The van der Waals surface area contributed by atoms with Crippen molar-refractivity contribution in [1.82, 2.24) is 9.58 Å². The zero-order valence-electron chi connectivity index (χ0n) is 22.2. The topological polar surface area (TPSA) is 99.1 Å². The van der Waals surface area contributed by atoms with E-state index in [1.54, 1.807) is 17.8 Å². The summed E-state index contributed by atoms with van der Waals surface area (Å²) in [7, 11) is 1.05. The highest BCUT2D eigenvalue weighted by molar-refractivity contribution is 7.98. The number of hydrogen-bond acceptors (Lipinski definition) is 8. The maximum absolute atomic E-state index is 13.7. The first kappa shape index (κ1) is 31.0. The number of pyridine rings is 1. The fourth-order valence-electron chi connectivity index (χ4n) is 4.15. The van der Waals surface area contributed by atoms with E-state index in [0.29, 0.717) is 4.90 Å². The fourth-order valence-corrected chi connectivity index (χ4v) is 5.44. The Morgan fingerprint density at radius 3 is 2.62 bits per heavy atom. The van der Waals surface area contributed by atoms with Gasteiger partial charge in [0.2, 0.25) is 18.0 Å². The minimum atomic E-state index is -4.65. The molecular formula is C27H24ClF4N3O6S. The van der Waals surface area contributed by atoms with Gasteiger partial charge in [-0.3, -0.25) is 14.3 Å². The molecule has 0 saturated heterocycles. The molecule has 0 bridgehead atoms. The van der Waals surface area contributed by atoms with Crippen molar-refractivity contribution in [1.29, 1.82) is 0 Å². The summed E-state index contributed by atoms with van der Waals surface area (Å²) >= 11 is 7.54. The SMILES string of the molecule is COC(=O)OCOc1c2n(ccc1=O)NCN([C@H](C)C(F)(F)F)C2=O.Fc1cccc2c1SCc1cc(Cl)ccc1C2. The van der Waals surface area contributed by atoms with Crippen molar-refractivity contribution in [2.24, 2.45) is 0 Å². The summed E-state index contributed by atoms with van der Waals surface area (Å²) in [4.78, 5) is 36.5. The quantitative estimate of drug-likeness (QED) is 0.228. The average Bonchev–Trinajstić information content (AvgIpc) is 3.13. The predicted molar refractivity (Wildman–Crippen MR) is 146 cm³/mol. The second-order valence-corrected chi connectivity index (χ2v) is 10.4. The van der Waals surface area contributed by atoms with Crippen LogP contribution in [0.2, 0.25) is 5.02 Å². The van der Waals surface area contributed by atoms with Gasteiger partial charge in [-0.2, -0.15) is 13.2 Å². The molecule has 0 unspecified atom stereocenters. The number of alkyl halides is 3. The van der Waals surface area contributed by atoms with E-state index in [-0.39, 0.29) is 5.82 Å². The Morgan fingerprint density at radius 2 is 1.90 bits per heavy atom. The Bertz CT molecular complexity index is 1550. The molecule has 5 rings (SSSR count). The van der Waals surface area contributed by atoms with Gasteiger partial charge in [-0.25, -0.2) is 9.18 Å². The van der Waals surface area contributed by atoms with Gasteiger partial charge in [0.1, 0.15) is 18.5 Å². The highest BCUT2D eigenvalue weighted by atomic mass is 35.5. The van der Waals surface area contributed by atoms with Gasteiger partial charge in [-0.05, 0) is 48.2 Å². The van der Waals surface area contributed by atoms with Crippen molar-refractivity contribution in [3.8, 4) is 5.75 Å². The van der Waals surface area contributed by atoms with Crippen LogP contribution in [0.4, 0.5) is 22.4 Å². The second-order valence-electron chi connectivity index (χ2n) is 9.00. The number of aromatic nitrogens is 1. The van der Waals surface area contributed by atoms with E-state index in [9.17, 15) is 31.9 Å². The average molecular weight is 630 g/mol. The van der Waals surface area contributed by atoms with Crippen molar-refractivity contribution >= 4 is 35.4 Å². The van der Waals surface area contributed by atoms with Crippen LogP contribution in [0.5, 0.6) is 5.75 Å². The first-order valence-electron chi connectivity index (χ1n) is 12.3. The van der Waals surface area contributed by atoms with Crippen LogP contribution >= 0.6 is 23.4 Å². The van der Waals surface area contributed by atoms with Crippen molar-refractivity contribution in [2.45, 2.75) is 36.2 Å². The largest absolute Gasteiger partial charge is 0.510 e. The first-order valence-corrected chi connectivity index (χ1v) is 13.6. The molecule has 15 heteroatoms. The van der Waals surface area contributed by atoms with Gasteiger partial charge in [0.25, 0.3) is 5.91 Å². The molecule has 0 saturated carbocycles. The van der Waals surface area contributed by atoms with E-state index in [1.165, 1.54) is 23.4 Å². The van der Waals surface area contributed by atoms with Gasteiger partial charge < -0.3 is 24.5 Å². The summed E-state index contributed by atoms with van der Waals surface area (Å²) in [5.41, 5.74) is 4.85. The number of fused-ring (bicyclic) bond motifs is 3. The molecule has 2 aromatic carbocycles. The van der Waals surface area contributed by atoms with Gasteiger partial charge in [0, 0.05) is 27.9 Å². The maximum Gasteiger partial charge on any atom is 0.510 e. The van der Waals surface area contributed by atoms with Crippen LogP contribution in [-0.2, 0) is 21.6 Å². The van der Waals surface area contributed by atoms with E-state index in [4.69, 9.17) is 16.3 Å². The highest BCUT2D eigenvalue weighted by Gasteiger charge is 2.44. The number of halogens is 5. The summed E-state index contributed by atoms with van der Waals surface area (Å²) in [5, 5.41) is 0.746. The van der Waals surface area contributed by atoms with E-state index in [1.807, 2.05) is 24.3 Å². The fraction of sp³-hybridized carbons (Fsp3) is 0.296. The van der Waals surface area contributed by atoms with Crippen LogP contribution in [0, 0.1) is 5.82 Å². The molecular weight excluding hydrogens is 606 g/mol. The summed E-state index contributed by atoms with van der Waals surface area (Å²) in [6, 6.07) is 10.2. The van der Waals surface area contributed by atoms with Crippen molar-refractivity contribution in [2.75, 3.05) is 26.0 Å². The number of hydrogen-bond donors (Lipinski definition) is 1. The lowest BCUT2D eigenvalue weighted by Crippen LogP contribution is -2.54. The molecule has 0 fully saturated rings. The van der Waals surface area contributed by atoms with Crippen LogP contribution in [0.1, 0.15) is 34.1 Å². The second kappa shape index (κ2) is 12.9. The minimum Gasteiger partial charge on any atom is -0.451 e. The number of nitrogens with one attached hydrogen (secondary N) is 1. The molecule has 1 amide bonds. The normalized spacial score (nSPS) is 14.5.